The van der Waals surface area contributed by atoms with Crippen LogP contribution < -0.4 is 16.4 Å². The van der Waals surface area contributed by atoms with E-state index in [0.29, 0.717) is 12.4 Å². The van der Waals surface area contributed by atoms with Crippen molar-refractivity contribution in [1.82, 2.24) is 9.97 Å². The van der Waals surface area contributed by atoms with E-state index in [1.807, 2.05) is 13.1 Å². The predicted octanol–water partition coefficient (Wildman–Crippen LogP) is 1.39. The van der Waals surface area contributed by atoms with Crippen LogP contribution in [-0.4, -0.2) is 29.5 Å². The van der Waals surface area contributed by atoms with E-state index in [0.717, 1.165) is 24.5 Å². The fraction of sp³-hybridized carbons (Fsp3) is 0.615. The van der Waals surface area contributed by atoms with Gasteiger partial charge in [-0.25, -0.2) is 9.97 Å². The summed E-state index contributed by atoms with van der Waals surface area (Å²) in [6.07, 6.45) is 1.81. The zero-order valence-corrected chi connectivity index (χ0v) is 12.1. The Morgan fingerprint density at radius 1 is 1.37 bits per heavy atom. The molecule has 1 heterocycles. The molecular formula is C13H23N5O. The van der Waals surface area contributed by atoms with Gasteiger partial charge < -0.3 is 16.4 Å². The number of aryl methyl sites for hydroxylation is 1. The Kier molecular flexibility index (Phi) is 5.09. The average Bonchev–Trinajstić information content (AvgIpc) is 2.36. The Labute approximate surface area is 114 Å². The Morgan fingerprint density at radius 3 is 2.53 bits per heavy atom. The van der Waals surface area contributed by atoms with Crippen LogP contribution in [0.15, 0.2) is 6.07 Å². The number of aromatic nitrogens is 2. The first-order valence-electron chi connectivity index (χ1n) is 6.48. The summed E-state index contributed by atoms with van der Waals surface area (Å²) in [5, 5.41) is 6.15. The number of rotatable bonds is 7. The van der Waals surface area contributed by atoms with Gasteiger partial charge in [0, 0.05) is 26.1 Å². The third-order valence-electron chi connectivity index (χ3n) is 2.88. The van der Waals surface area contributed by atoms with Crippen LogP contribution in [0, 0.1) is 5.41 Å². The van der Waals surface area contributed by atoms with Crippen LogP contribution in [0.25, 0.3) is 0 Å². The van der Waals surface area contributed by atoms with Crippen molar-refractivity contribution in [3.63, 3.8) is 0 Å². The quantitative estimate of drug-likeness (QED) is 0.693. The van der Waals surface area contributed by atoms with E-state index in [9.17, 15) is 4.79 Å². The molecule has 0 aliphatic carbocycles. The molecule has 1 amide bonds. The first-order chi connectivity index (χ1) is 8.89. The molecule has 0 unspecified atom stereocenters. The number of carbonyl (C=O) groups is 1. The minimum atomic E-state index is -0.615. The minimum Gasteiger partial charge on any atom is -0.373 e. The van der Waals surface area contributed by atoms with Gasteiger partial charge in [-0.05, 0) is 20.3 Å². The van der Waals surface area contributed by atoms with Crippen molar-refractivity contribution in [3.8, 4) is 0 Å². The lowest BCUT2D eigenvalue weighted by Crippen LogP contribution is -2.37. The molecule has 1 aromatic heterocycles. The van der Waals surface area contributed by atoms with Gasteiger partial charge in [0.15, 0.2) is 0 Å². The van der Waals surface area contributed by atoms with Crippen LogP contribution in [0.2, 0.25) is 0 Å². The number of nitrogens with zero attached hydrogens (tertiary/aromatic N) is 2. The smallest absolute Gasteiger partial charge is 0.224 e. The largest absolute Gasteiger partial charge is 0.373 e. The molecule has 1 rings (SSSR count). The Balaban J connectivity index is 2.82. The van der Waals surface area contributed by atoms with E-state index < -0.39 is 5.41 Å². The highest BCUT2D eigenvalue weighted by Gasteiger charge is 2.24. The van der Waals surface area contributed by atoms with Crippen molar-refractivity contribution in [3.05, 3.63) is 11.9 Å². The SMILES string of the molecule is CCCc1nc(NC)cc(NCC(C)(C)C(N)=O)n1. The summed E-state index contributed by atoms with van der Waals surface area (Å²) >= 11 is 0. The molecule has 106 valence electrons. The first kappa shape index (κ1) is 15.2. The molecule has 1 aromatic rings. The minimum absolute atomic E-state index is 0.336. The third kappa shape index (κ3) is 4.39. The molecule has 0 aromatic carbocycles. The zero-order chi connectivity index (χ0) is 14.5. The molecule has 0 spiro atoms. The predicted molar refractivity (Wildman–Crippen MR) is 77.0 cm³/mol. The van der Waals surface area contributed by atoms with Crippen LogP contribution >= 0.6 is 0 Å². The third-order valence-corrected chi connectivity index (χ3v) is 2.88. The second-order valence-electron chi connectivity index (χ2n) is 5.16. The highest BCUT2D eigenvalue weighted by Crippen LogP contribution is 2.17. The second kappa shape index (κ2) is 6.36. The van der Waals surface area contributed by atoms with Crippen molar-refractivity contribution >= 4 is 17.5 Å². The number of nitrogens with one attached hydrogen (secondary N) is 2. The normalized spacial score (nSPS) is 11.2. The van der Waals surface area contributed by atoms with E-state index in [1.165, 1.54) is 0 Å². The van der Waals surface area contributed by atoms with Gasteiger partial charge in [0.2, 0.25) is 5.91 Å². The molecule has 6 nitrogen and oxygen atoms in total. The highest BCUT2D eigenvalue weighted by atomic mass is 16.1. The molecule has 0 saturated heterocycles. The number of anilines is 2. The lowest BCUT2D eigenvalue weighted by atomic mass is 9.93. The van der Waals surface area contributed by atoms with Gasteiger partial charge in [0.1, 0.15) is 17.5 Å². The summed E-state index contributed by atoms with van der Waals surface area (Å²) in [4.78, 5) is 20.1. The fourth-order valence-corrected chi connectivity index (χ4v) is 1.45. The number of carbonyl (C=O) groups excluding carboxylic acids is 1. The van der Waals surface area contributed by atoms with Gasteiger partial charge in [-0.2, -0.15) is 0 Å². The summed E-state index contributed by atoms with van der Waals surface area (Å²) in [7, 11) is 1.81. The van der Waals surface area contributed by atoms with Crippen molar-refractivity contribution in [2.45, 2.75) is 33.6 Å². The number of amides is 1. The Hall–Kier alpha value is -1.85. The molecule has 0 fully saturated rings. The zero-order valence-electron chi connectivity index (χ0n) is 12.1. The van der Waals surface area contributed by atoms with Crippen LogP contribution in [0.4, 0.5) is 11.6 Å². The monoisotopic (exact) mass is 265 g/mol. The molecule has 6 heteroatoms. The van der Waals surface area contributed by atoms with Gasteiger partial charge in [-0.3, -0.25) is 4.79 Å². The molecule has 0 radical (unpaired) electrons. The first-order valence-corrected chi connectivity index (χ1v) is 6.48. The number of hydrogen-bond acceptors (Lipinski definition) is 5. The Morgan fingerprint density at radius 2 is 2.00 bits per heavy atom. The van der Waals surface area contributed by atoms with Gasteiger partial charge >= 0.3 is 0 Å². The average molecular weight is 265 g/mol. The van der Waals surface area contributed by atoms with Crippen molar-refractivity contribution < 1.29 is 4.79 Å². The van der Waals surface area contributed by atoms with Crippen LogP contribution in [0.5, 0.6) is 0 Å². The molecule has 19 heavy (non-hydrogen) atoms. The van der Waals surface area contributed by atoms with Crippen LogP contribution in [0.1, 0.15) is 33.0 Å². The second-order valence-corrected chi connectivity index (χ2v) is 5.16. The lowest BCUT2D eigenvalue weighted by molar-refractivity contribution is -0.125. The summed E-state index contributed by atoms with van der Waals surface area (Å²) in [5.41, 5.74) is 4.73. The van der Waals surface area contributed by atoms with Gasteiger partial charge in [0.25, 0.3) is 0 Å². The van der Waals surface area contributed by atoms with Crippen molar-refractivity contribution in [1.29, 1.82) is 0 Å². The fourth-order valence-electron chi connectivity index (χ4n) is 1.45. The number of hydrogen-bond donors (Lipinski definition) is 3. The van der Waals surface area contributed by atoms with Crippen LogP contribution in [-0.2, 0) is 11.2 Å². The molecule has 0 bridgehead atoms. The maximum Gasteiger partial charge on any atom is 0.224 e. The molecule has 4 N–H and O–H groups in total. The topological polar surface area (TPSA) is 92.9 Å². The summed E-state index contributed by atoms with van der Waals surface area (Å²) in [6.45, 7) is 6.12. The number of nitrogens with two attached hydrogens (primary N) is 1. The summed E-state index contributed by atoms with van der Waals surface area (Å²) < 4.78 is 0. The maximum absolute atomic E-state index is 11.3. The maximum atomic E-state index is 11.3. The van der Waals surface area contributed by atoms with E-state index in [4.69, 9.17) is 5.73 Å². The number of primary amides is 1. The molecule has 0 atom stereocenters. The summed E-state index contributed by atoms with van der Waals surface area (Å²) in [5.74, 6) is 1.92. The van der Waals surface area contributed by atoms with Gasteiger partial charge in [0.05, 0.1) is 5.41 Å². The molecular weight excluding hydrogens is 242 g/mol. The van der Waals surface area contributed by atoms with Gasteiger partial charge in [-0.1, -0.05) is 6.92 Å². The Bertz CT molecular complexity index is 445. The lowest BCUT2D eigenvalue weighted by Gasteiger charge is -2.21. The molecule has 0 aliphatic heterocycles. The molecule has 0 aliphatic rings. The summed E-state index contributed by atoms with van der Waals surface area (Å²) in [6, 6.07) is 1.82. The highest BCUT2D eigenvalue weighted by molar-refractivity contribution is 5.80. The van der Waals surface area contributed by atoms with Crippen LogP contribution in [0.3, 0.4) is 0 Å². The van der Waals surface area contributed by atoms with Gasteiger partial charge in [-0.15, -0.1) is 0 Å². The standard InChI is InChI=1S/C13H23N5O/c1-5-6-9-17-10(15-4)7-11(18-9)16-8-13(2,3)12(14)19/h7H,5-6,8H2,1-4H3,(H2,14,19)(H2,15,16,17,18). The van der Waals surface area contributed by atoms with E-state index in [-0.39, 0.29) is 5.91 Å². The van der Waals surface area contributed by atoms with E-state index in [1.54, 1.807) is 13.8 Å². The van der Waals surface area contributed by atoms with E-state index in [2.05, 4.69) is 27.5 Å². The molecule has 0 saturated carbocycles. The van der Waals surface area contributed by atoms with E-state index >= 15 is 0 Å². The van der Waals surface area contributed by atoms with Crippen molar-refractivity contribution in [2.75, 3.05) is 24.2 Å². The van der Waals surface area contributed by atoms with Crippen molar-refractivity contribution in [2.24, 2.45) is 11.1 Å².